The molecule has 0 amide bonds. The van der Waals surface area contributed by atoms with E-state index >= 15 is 0 Å². The molecule has 3 unspecified atom stereocenters. The summed E-state index contributed by atoms with van der Waals surface area (Å²) in [4.78, 5) is 5.25. The minimum atomic E-state index is 0.731. The quantitative estimate of drug-likeness (QED) is 0.827. The summed E-state index contributed by atoms with van der Waals surface area (Å²) < 4.78 is 0. The fraction of sp³-hybridized carbons (Fsp3) is 1.00. The van der Waals surface area contributed by atoms with Crippen molar-refractivity contribution in [2.75, 3.05) is 39.8 Å². The van der Waals surface area contributed by atoms with Gasteiger partial charge in [-0.15, -0.1) is 0 Å². The first-order chi connectivity index (χ1) is 8.70. The van der Waals surface area contributed by atoms with E-state index in [-0.39, 0.29) is 0 Å². The first kappa shape index (κ1) is 14.3. The van der Waals surface area contributed by atoms with Crippen molar-refractivity contribution >= 4 is 0 Å². The van der Waals surface area contributed by atoms with E-state index in [2.05, 4.69) is 36.0 Å². The van der Waals surface area contributed by atoms with Crippen LogP contribution < -0.4 is 5.32 Å². The summed E-state index contributed by atoms with van der Waals surface area (Å²) in [6, 6.07) is 1.51. The number of hydrogen-bond acceptors (Lipinski definition) is 3. The van der Waals surface area contributed by atoms with Gasteiger partial charge in [-0.2, -0.15) is 0 Å². The molecule has 18 heavy (non-hydrogen) atoms. The SMILES string of the molecule is CCNC1CCC(C)CC1N1CCCN(C)CC1. The van der Waals surface area contributed by atoms with Crippen LogP contribution >= 0.6 is 0 Å². The normalized spacial score (nSPS) is 36.5. The summed E-state index contributed by atoms with van der Waals surface area (Å²) >= 11 is 0. The van der Waals surface area contributed by atoms with E-state index in [0.29, 0.717) is 0 Å². The van der Waals surface area contributed by atoms with Crippen molar-refractivity contribution in [3.8, 4) is 0 Å². The van der Waals surface area contributed by atoms with E-state index in [4.69, 9.17) is 0 Å². The maximum atomic E-state index is 3.73. The van der Waals surface area contributed by atoms with Gasteiger partial charge >= 0.3 is 0 Å². The van der Waals surface area contributed by atoms with Gasteiger partial charge in [0.25, 0.3) is 0 Å². The molecule has 0 bridgehead atoms. The molecule has 2 aliphatic rings. The molecule has 0 aromatic heterocycles. The highest BCUT2D eigenvalue weighted by Crippen LogP contribution is 2.28. The Morgan fingerprint density at radius 1 is 1.11 bits per heavy atom. The molecule has 106 valence electrons. The Morgan fingerprint density at radius 2 is 1.94 bits per heavy atom. The molecule has 0 spiro atoms. The summed E-state index contributed by atoms with van der Waals surface area (Å²) in [7, 11) is 2.26. The van der Waals surface area contributed by atoms with Crippen molar-refractivity contribution in [1.29, 1.82) is 0 Å². The maximum absolute atomic E-state index is 3.73. The minimum absolute atomic E-state index is 0.731. The van der Waals surface area contributed by atoms with Crippen LogP contribution in [-0.2, 0) is 0 Å². The van der Waals surface area contributed by atoms with E-state index in [0.717, 1.165) is 24.5 Å². The van der Waals surface area contributed by atoms with Gasteiger partial charge < -0.3 is 10.2 Å². The molecule has 2 rings (SSSR count). The molecule has 1 heterocycles. The number of likely N-dealkylation sites (N-methyl/N-ethyl adjacent to an activating group) is 2. The molecule has 3 nitrogen and oxygen atoms in total. The molecular formula is C15H31N3. The molecule has 0 radical (unpaired) electrons. The zero-order valence-corrected chi connectivity index (χ0v) is 12.5. The Hall–Kier alpha value is -0.120. The standard InChI is InChI=1S/C15H31N3/c1-4-16-14-7-6-13(2)12-15(14)18-9-5-8-17(3)10-11-18/h13-16H,4-12H2,1-3H3. The highest BCUT2D eigenvalue weighted by molar-refractivity contribution is 4.91. The highest BCUT2D eigenvalue weighted by atomic mass is 15.2. The van der Waals surface area contributed by atoms with Gasteiger partial charge in [-0.25, -0.2) is 0 Å². The lowest BCUT2D eigenvalue weighted by molar-refractivity contribution is 0.105. The summed E-state index contributed by atoms with van der Waals surface area (Å²) in [5, 5.41) is 3.73. The zero-order valence-electron chi connectivity index (χ0n) is 12.5. The van der Waals surface area contributed by atoms with Gasteiger partial charge in [-0.1, -0.05) is 13.8 Å². The Kier molecular flexibility index (Phi) is 5.46. The lowest BCUT2D eigenvalue weighted by atomic mass is 9.82. The Bertz CT molecular complexity index is 244. The maximum Gasteiger partial charge on any atom is 0.0252 e. The number of nitrogens with one attached hydrogen (secondary N) is 1. The second-order valence-corrected chi connectivity index (χ2v) is 6.34. The smallest absolute Gasteiger partial charge is 0.0252 e. The van der Waals surface area contributed by atoms with E-state index in [1.807, 2.05) is 0 Å². The Morgan fingerprint density at radius 3 is 2.72 bits per heavy atom. The monoisotopic (exact) mass is 253 g/mol. The van der Waals surface area contributed by atoms with Crippen molar-refractivity contribution in [3.63, 3.8) is 0 Å². The van der Waals surface area contributed by atoms with Gasteiger partial charge in [0, 0.05) is 25.2 Å². The predicted molar refractivity (Wildman–Crippen MR) is 78.0 cm³/mol. The highest BCUT2D eigenvalue weighted by Gasteiger charge is 2.32. The summed E-state index contributed by atoms with van der Waals surface area (Å²) in [6.45, 7) is 10.8. The van der Waals surface area contributed by atoms with Gasteiger partial charge in [-0.3, -0.25) is 4.90 Å². The molecule has 1 saturated heterocycles. The lowest BCUT2D eigenvalue weighted by Crippen LogP contribution is -2.53. The topological polar surface area (TPSA) is 18.5 Å². The van der Waals surface area contributed by atoms with Crippen LogP contribution in [0.4, 0.5) is 0 Å². The first-order valence-electron chi connectivity index (χ1n) is 7.86. The average molecular weight is 253 g/mol. The number of nitrogens with zero attached hydrogens (tertiary/aromatic N) is 2. The number of hydrogen-bond donors (Lipinski definition) is 1. The summed E-state index contributed by atoms with van der Waals surface area (Å²) in [5.41, 5.74) is 0. The van der Waals surface area contributed by atoms with Gasteiger partial charge in [0.15, 0.2) is 0 Å². The van der Waals surface area contributed by atoms with E-state index in [1.54, 1.807) is 0 Å². The summed E-state index contributed by atoms with van der Waals surface area (Å²) in [6.07, 6.45) is 5.50. The van der Waals surface area contributed by atoms with Crippen molar-refractivity contribution in [1.82, 2.24) is 15.1 Å². The second kappa shape index (κ2) is 6.88. The molecular weight excluding hydrogens is 222 g/mol. The largest absolute Gasteiger partial charge is 0.313 e. The molecule has 2 fully saturated rings. The summed E-state index contributed by atoms with van der Waals surface area (Å²) in [5.74, 6) is 0.908. The number of rotatable bonds is 3. The van der Waals surface area contributed by atoms with Crippen LogP contribution in [0, 0.1) is 5.92 Å². The van der Waals surface area contributed by atoms with Crippen LogP contribution in [0.5, 0.6) is 0 Å². The van der Waals surface area contributed by atoms with Gasteiger partial charge in [0.1, 0.15) is 0 Å². The van der Waals surface area contributed by atoms with Crippen LogP contribution in [0.25, 0.3) is 0 Å². The molecule has 0 aromatic carbocycles. The van der Waals surface area contributed by atoms with E-state index in [9.17, 15) is 0 Å². The first-order valence-corrected chi connectivity index (χ1v) is 7.86. The van der Waals surface area contributed by atoms with Gasteiger partial charge in [0.05, 0.1) is 0 Å². The molecule has 3 atom stereocenters. The third kappa shape index (κ3) is 3.69. The molecule has 1 aliphatic carbocycles. The van der Waals surface area contributed by atoms with Gasteiger partial charge in [-0.05, 0) is 58.3 Å². The lowest BCUT2D eigenvalue weighted by Gasteiger charge is -2.42. The zero-order chi connectivity index (χ0) is 13.0. The second-order valence-electron chi connectivity index (χ2n) is 6.34. The molecule has 3 heteroatoms. The Labute approximate surface area is 113 Å². The van der Waals surface area contributed by atoms with Crippen LogP contribution in [-0.4, -0.2) is 61.7 Å². The van der Waals surface area contributed by atoms with Crippen molar-refractivity contribution in [2.24, 2.45) is 5.92 Å². The van der Waals surface area contributed by atoms with Crippen LogP contribution in [0.2, 0.25) is 0 Å². The molecule has 1 saturated carbocycles. The molecule has 0 aromatic rings. The minimum Gasteiger partial charge on any atom is -0.313 e. The van der Waals surface area contributed by atoms with Crippen LogP contribution in [0.1, 0.15) is 39.5 Å². The fourth-order valence-corrected chi connectivity index (χ4v) is 3.65. The predicted octanol–water partition coefficient (Wildman–Crippen LogP) is 1.79. The van der Waals surface area contributed by atoms with Crippen LogP contribution in [0.3, 0.4) is 0 Å². The van der Waals surface area contributed by atoms with Crippen molar-refractivity contribution < 1.29 is 0 Å². The van der Waals surface area contributed by atoms with E-state index in [1.165, 1.54) is 51.9 Å². The average Bonchev–Trinajstić information content (AvgIpc) is 2.57. The van der Waals surface area contributed by atoms with Crippen LogP contribution in [0.15, 0.2) is 0 Å². The third-order valence-electron chi connectivity index (χ3n) is 4.77. The van der Waals surface area contributed by atoms with Crippen molar-refractivity contribution in [2.45, 2.75) is 51.6 Å². The molecule has 1 aliphatic heterocycles. The molecule has 1 N–H and O–H groups in total. The van der Waals surface area contributed by atoms with E-state index < -0.39 is 0 Å². The van der Waals surface area contributed by atoms with Gasteiger partial charge in [0.2, 0.25) is 0 Å². The fourth-order valence-electron chi connectivity index (χ4n) is 3.65. The van der Waals surface area contributed by atoms with Crippen molar-refractivity contribution in [3.05, 3.63) is 0 Å². The third-order valence-corrected chi connectivity index (χ3v) is 4.77. The Balaban J connectivity index is 1.97.